The lowest BCUT2D eigenvalue weighted by Gasteiger charge is -2.59. The van der Waals surface area contributed by atoms with Crippen molar-refractivity contribution in [3.05, 3.63) is 83.7 Å². The van der Waals surface area contributed by atoms with Crippen LogP contribution in [-0.4, -0.2) is 72.0 Å². The number of nitrogens with zero attached hydrogens (tertiary/aromatic N) is 2. The molecule has 1 heterocycles. The number of oxime groups is 1. The number of hydrogen-bond acceptors (Lipinski definition) is 8. The van der Waals surface area contributed by atoms with Gasteiger partial charge in [-0.3, -0.25) is 4.79 Å². The van der Waals surface area contributed by atoms with Crippen molar-refractivity contribution in [2.45, 2.75) is 147 Å². The summed E-state index contributed by atoms with van der Waals surface area (Å²) in [5.41, 5.74) is 3.21. The van der Waals surface area contributed by atoms with Crippen molar-refractivity contribution < 1.29 is 38.4 Å². The summed E-state index contributed by atoms with van der Waals surface area (Å²) >= 11 is 0. The Labute approximate surface area is 353 Å². The zero-order valence-corrected chi connectivity index (χ0v) is 36.1. The summed E-state index contributed by atoms with van der Waals surface area (Å²) in [6.07, 6.45) is 20.2. The molecule has 0 bridgehead atoms. The van der Waals surface area contributed by atoms with Gasteiger partial charge >= 0.3 is 0 Å². The van der Waals surface area contributed by atoms with Crippen LogP contribution in [0.1, 0.15) is 140 Å². The summed E-state index contributed by atoms with van der Waals surface area (Å²) in [6, 6.07) is 11.9. The topological polar surface area (TPSA) is 110 Å². The average molecular weight is 819 g/mol. The highest BCUT2D eigenvalue weighted by Crippen LogP contribution is 2.61. The third kappa shape index (κ3) is 11.8. The third-order valence-electron chi connectivity index (χ3n) is 12.7. The van der Waals surface area contributed by atoms with Crippen LogP contribution in [0, 0.1) is 23.6 Å². The molecular formula is C49H71FN2O7. The number of halogens is 1. The molecule has 2 N–H and O–H groups in total. The summed E-state index contributed by atoms with van der Waals surface area (Å²) in [4.78, 5) is 21.9. The van der Waals surface area contributed by atoms with Crippen molar-refractivity contribution in [2.75, 3.05) is 33.5 Å². The molecule has 1 saturated carbocycles. The van der Waals surface area contributed by atoms with Crippen LogP contribution in [0.25, 0.3) is 0 Å². The van der Waals surface area contributed by atoms with Gasteiger partial charge in [0.25, 0.3) is 0 Å². The Bertz CT molecular complexity index is 1680. The van der Waals surface area contributed by atoms with E-state index in [0.717, 1.165) is 61.8 Å². The lowest BCUT2D eigenvalue weighted by Crippen LogP contribution is -2.69. The van der Waals surface area contributed by atoms with Crippen LogP contribution in [-0.2, 0) is 21.0 Å². The van der Waals surface area contributed by atoms with E-state index in [0.29, 0.717) is 49.4 Å². The number of allylic oxidation sites excluding steroid dienone is 1. The van der Waals surface area contributed by atoms with Crippen molar-refractivity contribution in [1.82, 2.24) is 4.90 Å². The second-order valence-electron chi connectivity index (χ2n) is 16.7. The van der Waals surface area contributed by atoms with Gasteiger partial charge in [-0.25, -0.2) is 4.39 Å². The Morgan fingerprint density at radius 2 is 1.68 bits per heavy atom. The lowest BCUT2D eigenvalue weighted by atomic mass is 9.55. The van der Waals surface area contributed by atoms with Gasteiger partial charge in [-0.1, -0.05) is 107 Å². The first-order valence-electron chi connectivity index (χ1n) is 22.7. The fourth-order valence-corrected chi connectivity index (χ4v) is 9.67. The minimum absolute atomic E-state index is 0.0442. The largest absolute Gasteiger partial charge is 0.489 e. The highest BCUT2D eigenvalue weighted by Gasteiger charge is 2.65. The zero-order chi connectivity index (χ0) is 42.0. The van der Waals surface area contributed by atoms with E-state index in [1.54, 1.807) is 24.3 Å². The molecule has 0 radical (unpaired) electrons. The van der Waals surface area contributed by atoms with Crippen LogP contribution in [0.3, 0.4) is 0 Å². The maximum Gasteiger partial charge on any atom is 0.239 e. The van der Waals surface area contributed by atoms with E-state index in [-0.39, 0.29) is 61.8 Å². The average Bonchev–Trinajstić information content (AvgIpc) is 3.25. The molecule has 0 aromatic heterocycles. The van der Waals surface area contributed by atoms with Gasteiger partial charge in [0, 0.05) is 50.1 Å². The minimum Gasteiger partial charge on any atom is -0.489 e. The summed E-state index contributed by atoms with van der Waals surface area (Å²) in [5, 5.41) is 24.5. The smallest absolute Gasteiger partial charge is 0.239 e. The van der Waals surface area contributed by atoms with E-state index in [4.69, 9.17) is 24.2 Å². The fraction of sp³-hybridized carbons (Fsp3) is 0.633. The molecule has 0 saturated heterocycles. The minimum atomic E-state index is -1.29. The summed E-state index contributed by atoms with van der Waals surface area (Å²) in [6.45, 7) is 9.08. The van der Waals surface area contributed by atoms with Crippen molar-refractivity contribution >= 4 is 11.6 Å². The van der Waals surface area contributed by atoms with E-state index in [1.165, 1.54) is 44.6 Å². The van der Waals surface area contributed by atoms with Gasteiger partial charge in [0.2, 0.25) is 11.7 Å². The van der Waals surface area contributed by atoms with Crippen LogP contribution >= 0.6 is 0 Å². The number of rotatable bonds is 27. The second kappa shape index (κ2) is 23.9. The molecule has 1 fully saturated rings. The molecule has 2 aromatic rings. The van der Waals surface area contributed by atoms with E-state index < -0.39 is 11.8 Å². The monoisotopic (exact) mass is 819 g/mol. The summed E-state index contributed by atoms with van der Waals surface area (Å²) < 4.78 is 35.2. The number of likely N-dealkylation sites (N-methyl/N-ethyl adjacent to an activating group) is 1. The molecule has 5 rings (SSSR count). The Morgan fingerprint density at radius 3 is 2.37 bits per heavy atom. The maximum absolute atomic E-state index is 14.7. The molecule has 1 aliphatic heterocycles. The molecule has 0 spiro atoms. The second-order valence-corrected chi connectivity index (χ2v) is 16.7. The van der Waals surface area contributed by atoms with Crippen molar-refractivity contribution in [2.24, 2.45) is 22.9 Å². The Morgan fingerprint density at radius 1 is 0.966 bits per heavy atom. The van der Waals surface area contributed by atoms with E-state index >= 15 is 0 Å². The van der Waals surface area contributed by atoms with Gasteiger partial charge in [0.1, 0.15) is 36.6 Å². The van der Waals surface area contributed by atoms with Crippen LogP contribution in [0.2, 0.25) is 0 Å². The molecular weight excluding hydrogens is 748 g/mol. The van der Waals surface area contributed by atoms with Crippen molar-refractivity contribution in [3.8, 4) is 11.5 Å². The first-order chi connectivity index (χ1) is 28.8. The number of aliphatic hydroxyl groups excluding tert-OH is 2. The number of ether oxygens (including phenoxy) is 3. The van der Waals surface area contributed by atoms with Gasteiger partial charge in [-0.05, 0) is 80.7 Å². The Hall–Kier alpha value is -3.73. The van der Waals surface area contributed by atoms with Crippen LogP contribution in [0.15, 0.2) is 71.9 Å². The quantitative estimate of drug-likeness (QED) is 0.0525. The molecule has 326 valence electrons. The van der Waals surface area contributed by atoms with Crippen LogP contribution in [0.4, 0.5) is 4.39 Å². The Balaban J connectivity index is 1.56. The van der Waals surface area contributed by atoms with Crippen LogP contribution in [0.5, 0.6) is 11.5 Å². The lowest BCUT2D eigenvalue weighted by molar-refractivity contribution is -0.255. The van der Waals surface area contributed by atoms with Crippen molar-refractivity contribution in [1.29, 1.82) is 0 Å². The first kappa shape index (κ1) is 46.3. The maximum atomic E-state index is 14.7. The number of carbonyl (C=O) groups is 1. The molecule has 59 heavy (non-hydrogen) atoms. The molecule has 6 unspecified atom stereocenters. The van der Waals surface area contributed by atoms with E-state index in [9.17, 15) is 19.4 Å². The van der Waals surface area contributed by atoms with E-state index in [1.807, 2.05) is 37.1 Å². The standard InChI is InChI=1S/C49H71FN2O7/c1-5-8-9-10-11-12-13-14-15-26-46(55)52(4)45-34-43(51-58-7-3)40-32-36(22-18-20-29-53)39(24-19-21-30-54)47-41-33-38(56-35-37-23-16-17-25-42(37)50)27-28-44(41)59-49(45,48(40)47)57-31-6-2/h6,16-17,23,25,27-28,32-33,36,39,45,47-48,53-54H,2,5,7-15,18-22,24,26,29-31,34-35H2,1,3-4H3. The number of fused-ring (bicyclic) bond motifs is 2. The predicted molar refractivity (Wildman–Crippen MR) is 232 cm³/mol. The molecule has 1 amide bonds. The number of unbranched alkanes of at least 4 members (excludes halogenated alkanes) is 10. The number of amides is 1. The van der Waals surface area contributed by atoms with Gasteiger partial charge < -0.3 is 34.2 Å². The van der Waals surface area contributed by atoms with E-state index in [2.05, 4.69) is 19.6 Å². The molecule has 2 aliphatic carbocycles. The predicted octanol–water partition coefficient (Wildman–Crippen LogP) is 10.4. The van der Waals surface area contributed by atoms with Crippen molar-refractivity contribution in [3.63, 3.8) is 0 Å². The number of carbonyl (C=O) groups excluding carboxylic acids is 1. The molecule has 3 aliphatic rings. The van der Waals surface area contributed by atoms with Gasteiger partial charge in [-0.2, -0.15) is 0 Å². The third-order valence-corrected chi connectivity index (χ3v) is 12.7. The summed E-state index contributed by atoms with van der Waals surface area (Å²) in [7, 11) is 1.87. The SMILES string of the molecule is C=CCOC12Oc3ccc(OCc4ccccc4F)cc3C3C(CCCCO)C(CCCCO)C=C(C(=NOCC)CC1N(C)C(=O)CCCCCCCCCCC)C32. The van der Waals surface area contributed by atoms with Crippen LogP contribution < -0.4 is 9.47 Å². The molecule has 10 heteroatoms. The number of aliphatic hydroxyl groups is 2. The van der Waals surface area contributed by atoms with Gasteiger partial charge in [-0.15, -0.1) is 6.58 Å². The molecule has 9 nitrogen and oxygen atoms in total. The zero-order valence-electron chi connectivity index (χ0n) is 36.1. The Kier molecular flexibility index (Phi) is 18.8. The summed E-state index contributed by atoms with van der Waals surface area (Å²) in [5.74, 6) is -0.626. The van der Waals surface area contributed by atoms with Gasteiger partial charge in [0.05, 0.1) is 18.2 Å². The first-order valence-corrected chi connectivity index (χ1v) is 22.7. The number of benzene rings is 2. The fourth-order valence-electron chi connectivity index (χ4n) is 9.67. The highest BCUT2D eigenvalue weighted by atomic mass is 19.1. The highest BCUT2D eigenvalue weighted by molar-refractivity contribution is 6.03. The molecule has 6 atom stereocenters. The van der Waals surface area contributed by atoms with Gasteiger partial charge in [0.15, 0.2) is 0 Å². The molecule has 2 aromatic carbocycles. The number of hydrogen-bond donors (Lipinski definition) is 2. The normalized spacial score (nSPS) is 23.8.